The van der Waals surface area contributed by atoms with Crippen LogP contribution in [0.1, 0.15) is 47.1 Å². The van der Waals surface area contributed by atoms with Crippen molar-refractivity contribution < 1.29 is 16.8 Å². The van der Waals surface area contributed by atoms with E-state index in [9.17, 15) is 16.8 Å². The van der Waals surface area contributed by atoms with Gasteiger partial charge in [-0.25, -0.2) is 16.8 Å². The summed E-state index contributed by atoms with van der Waals surface area (Å²) < 4.78 is 50.3. The van der Waals surface area contributed by atoms with Gasteiger partial charge in [-0.1, -0.05) is 32.9 Å². The molecule has 2 atom stereocenters. The molecular formula is C18H29NO4S2. The highest BCUT2D eigenvalue weighted by molar-refractivity contribution is 7.96. The molecule has 0 aliphatic carbocycles. The SMILES string of the molecule is CC(C)(C)N[C@H]1CS(=O)(=O)C[C@@H]1S(=O)(=O)c1ccc(C(C)(C)C)cc1. The van der Waals surface area contributed by atoms with E-state index in [-0.39, 0.29) is 27.4 Å². The molecule has 1 fully saturated rings. The summed E-state index contributed by atoms with van der Waals surface area (Å²) in [5.41, 5.74) is 0.596. The van der Waals surface area contributed by atoms with Gasteiger partial charge in [0.15, 0.2) is 19.7 Å². The predicted molar refractivity (Wildman–Crippen MR) is 101 cm³/mol. The standard InChI is InChI=1S/C18H29NO4S2/c1-17(2,3)13-7-9-14(10-8-13)25(22,23)16-12-24(20,21)11-15(16)19-18(4,5)6/h7-10,15-16,19H,11-12H2,1-6H3/t15-,16-/m0/s1. The van der Waals surface area contributed by atoms with Gasteiger partial charge in [0.2, 0.25) is 0 Å². The quantitative estimate of drug-likeness (QED) is 0.861. The van der Waals surface area contributed by atoms with Crippen LogP contribution in [0.15, 0.2) is 29.2 Å². The highest BCUT2D eigenvalue weighted by Gasteiger charge is 2.46. The Labute approximate surface area is 152 Å². The van der Waals surface area contributed by atoms with Gasteiger partial charge in [-0.05, 0) is 43.9 Å². The van der Waals surface area contributed by atoms with E-state index in [1.54, 1.807) is 12.1 Å². The zero-order chi connectivity index (χ0) is 19.3. The van der Waals surface area contributed by atoms with E-state index in [4.69, 9.17) is 0 Å². The summed E-state index contributed by atoms with van der Waals surface area (Å²) in [4.78, 5) is 0.184. The van der Waals surface area contributed by atoms with Crippen LogP contribution >= 0.6 is 0 Å². The van der Waals surface area contributed by atoms with Gasteiger partial charge in [0.1, 0.15) is 0 Å². The predicted octanol–water partition coefficient (Wildman–Crippen LogP) is 2.31. The maximum atomic E-state index is 13.1. The molecule has 0 spiro atoms. The van der Waals surface area contributed by atoms with Gasteiger partial charge in [-0.15, -0.1) is 0 Å². The third-order valence-corrected chi connectivity index (χ3v) is 8.53. The van der Waals surface area contributed by atoms with Crippen LogP contribution in [0.4, 0.5) is 0 Å². The molecule has 1 heterocycles. The van der Waals surface area contributed by atoms with Crippen LogP contribution in [-0.2, 0) is 25.1 Å². The molecule has 0 aromatic heterocycles. The average Bonchev–Trinajstić information content (AvgIpc) is 2.71. The van der Waals surface area contributed by atoms with Crippen LogP contribution in [-0.4, -0.2) is 45.2 Å². The van der Waals surface area contributed by atoms with Gasteiger partial charge in [0.05, 0.1) is 21.7 Å². The van der Waals surface area contributed by atoms with Crippen LogP contribution < -0.4 is 5.32 Å². The van der Waals surface area contributed by atoms with Crippen molar-refractivity contribution in [2.24, 2.45) is 0 Å². The molecule has 1 aliphatic rings. The van der Waals surface area contributed by atoms with Crippen molar-refractivity contribution in [2.45, 2.75) is 68.7 Å². The molecule has 0 radical (unpaired) electrons. The maximum Gasteiger partial charge on any atom is 0.183 e. The zero-order valence-corrected chi connectivity index (χ0v) is 17.5. The Hall–Kier alpha value is -0.920. The van der Waals surface area contributed by atoms with Crippen LogP contribution in [0, 0.1) is 0 Å². The van der Waals surface area contributed by atoms with E-state index in [2.05, 4.69) is 26.1 Å². The molecule has 0 bridgehead atoms. The number of hydrogen-bond donors (Lipinski definition) is 1. The van der Waals surface area contributed by atoms with Crippen molar-refractivity contribution in [1.29, 1.82) is 0 Å². The molecule has 142 valence electrons. The van der Waals surface area contributed by atoms with E-state index in [0.717, 1.165) is 5.56 Å². The fraction of sp³-hybridized carbons (Fsp3) is 0.667. The van der Waals surface area contributed by atoms with Gasteiger partial charge in [-0.3, -0.25) is 0 Å². The summed E-state index contributed by atoms with van der Waals surface area (Å²) in [6.45, 7) is 11.9. The third kappa shape index (κ3) is 4.83. The minimum Gasteiger partial charge on any atom is -0.307 e. The zero-order valence-electron chi connectivity index (χ0n) is 15.8. The fourth-order valence-corrected chi connectivity index (χ4v) is 7.79. The summed E-state index contributed by atoms with van der Waals surface area (Å²) in [6.07, 6.45) is 0. The van der Waals surface area contributed by atoms with Gasteiger partial charge < -0.3 is 5.32 Å². The number of hydrogen-bond acceptors (Lipinski definition) is 5. The fourth-order valence-electron chi connectivity index (χ4n) is 3.13. The molecule has 2 rings (SSSR count). The third-order valence-electron chi connectivity index (χ3n) is 4.37. The molecule has 0 amide bonds. The van der Waals surface area contributed by atoms with Crippen LogP contribution in [0.2, 0.25) is 0 Å². The largest absolute Gasteiger partial charge is 0.307 e. The second-order valence-electron chi connectivity index (χ2n) is 8.94. The topological polar surface area (TPSA) is 80.3 Å². The lowest BCUT2D eigenvalue weighted by Crippen LogP contribution is -2.51. The molecule has 7 heteroatoms. The minimum absolute atomic E-state index is 0.0741. The van der Waals surface area contributed by atoms with E-state index < -0.39 is 31.0 Å². The van der Waals surface area contributed by atoms with Crippen molar-refractivity contribution in [3.05, 3.63) is 29.8 Å². The monoisotopic (exact) mass is 387 g/mol. The summed E-state index contributed by atoms with van der Waals surface area (Å²) in [5.74, 6) is -0.474. The minimum atomic E-state index is -3.74. The second kappa shape index (κ2) is 6.35. The summed E-state index contributed by atoms with van der Waals surface area (Å²) in [5, 5.41) is 2.22. The molecule has 1 saturated heterocycles. The lowest BCUT2D eigenvalue weighted by Gasteiger charge is -2.29. The number of sulfone groups is 2. The number of nitrogens with one attached hydrogen (secondary N) is 1. The van der Waals surface area contributed by atoms with Crippen molar-refractivity contribution in [3.8, 4) is 0 Å². The Balaban J connectivity index is 2.39. The van der Waals surface area contributed by atoms with Gasteiger partial charge >= 0.3 is 0 Å². The molecule has 25 heavy (non-hydrogen) atoms. The first-order chi connectivity index (χ1) is 11.1. The van der Waals surface area contributed by atoms with Crippen LogP contribution in [0.25, 0.3) is 0 Å². The maximum absolute atomic E-state index is 13.1. The van der Waals surface area contributed by atoms with E-state index in [1.807, 2.05) is 32.9 Å². The van der Waals surface area contributed by atoms with E-state index in [1.165, 1.54) is 0 Å². The number of rotatable bonds is 3. The smallest absolute Gasteiger partial charge is 0.183 e. The Morgan fingerprint density at radius 2 is 1.48 bits per heavy atom. The average molecular weight is 388 g/mol. The van der Waals surface area contributed by atoms with Gasteiger partial charge in [0.25, 0.3) is 0 Å². The van der Waals surface area contributed by atoms with Crippen molar-refractivity contribution in [2.75, 3.05) is 11.5 Å². The molecule has 0 unspecified atom stereocenters. The first-order valence-electron chi connectivity index (χ1n) is 8.44. The molecule has 1 aromatic rings. The highest BCUT2D eigenvalue weighted by Crippen LogP contribution is 2.29. The van der Waals surface area contributed by atoms with Crippen LogP contribution in [0.3, 0.4) is 0 Å². The first-order valence-corrected chi connectivity index (χ1v) is 11.8. The first kappa shape index (κ1) is 20.4. The highest BCUT2D eigenvalue weighted by atomic mass is 32.2. The Bertz CT molecular complexity index is 827. The molecule has 1 aliphatic heterocycles. The van der Waals surface area contributed by atoms with Gasteiger partial charge in [-0.2, -0.15) is 0 Å². The van der Waals surface area contributed by atoms with E-state index >= 15 is 0 Å². The van der Waals surface area contributed by atoms with Crippen molar-refractivity contribution >= 4 is 19.7 Å². The van der Waals surface area contributed by atoms with E-state index in [0.29, 0.717) is 0 Å². The van der Waals surface area contributed by atoms with Crippen molar-refractivity contribution in [1.82, 2.24) is 5.32 Å². The van der Waals surface area contributed by atoms with Crippen LogP contribution in [0.5, 0.6) is 0 Å². The Kier molecular flexibility index (Phi) is 5.18. The molecule has 0 saturated carbocycles. The normalized spacial score (nSPS) is 24.4. The second-order valence-corrected chi connectivity index (χ2v) is 13.3. The lowest BCUT2D eigenvalue weighted by atomic mass is 9.87. The number of benzene rings is 1. The molecule has 5 nitrogen and oxygen atoms in total. The Morgan fingerprint density at radius 1 is 0.960 bits per heavy atom. The summed E-state index contributed by atoms with van der Waals surface area (Å²) in [7, 11) is -7.12. The summed E-state index contributed by atoms with van der Waals surface area (Å²) in [6, 6.07) is 6.20. The molecule has 1 N–H and O–H groups in total. The lowest BCUT2D eigenvalue weighted by molar-refractivity contribution is 0.374. The van der Waals surface area contributed by atoms with Crippen molar-refractivity contribution in [3.63, 3.8) is 0 Å². The molecule has 1 aromatic carbocycles. The Morgan fingerprint density at radius 3 is 1.92 bits per heavy atom. The summed E-state index contributed by atoms with van der Waals surface area (Å²) >= 11 is 0. The molecular weight excluding hydrogens is 358 g/mol. The van der Waals surface area contributed by atoms with Gasteiger partial charge in [0, 0.05) is 11.6 Å².